The monoisotopic (exact) mass is 494 g/mol. The highest BCUT2D eigenvalue weighted by Gasteiger charge is 2.20. The van der Waals surface area contributed by atoms with Gasteiger partial charge in [-0.05, 0) is 72.3 Å². The molecular formula is C24H13BrF2N2OS. The minimum atomic E-state index is -0.371. The number of hydrogen-bond acceptors (Lipinski definition) is 3. The van der Waals surface area contributed by atoms with Gasteiger partial charge in [0.15, 0.2) is 4.96 Å². The molecule has 2 aromatic heterocycles. The summed E-state index contributed by atoms with van der Waals surface area (Å²) < 4.78 is 30.0. The van der Waals surface area contributed by atoms with Crippen LogP contribution in [0.2, 0.25) is 0 Å². The largest absolute Gasteiger partial charge is 0.274 e. The molecule has 0 atom stereocenters. The summed E-state index contributed by atoms with van der Waals surface area (Å²) in [5.74, 6) is -0.728. The van der Waals surface area contributed by atoms with Crippen LogP contribution in [0.4, 0.5) is 8.78 Å². The smallest absolute Gasteiger partial charge is 0.267 e. The van der Waals surface area contributed by atoms with E-state index in [1.165, 1.54) is 35.6 Å². The Morgan fingerprint density at radius 2 is 1.42 bits per heavy atom. The van der Waals surface area contributed by atoms with Gasteiger partial charge >= 0.3 is 0 Å². The molecule has 3 aromatic carbocycles. The van der Waals surface area contributed by atoms with Crippen molar-refractivity contribution >= 4 is 38.3 Å². The first-order valence-corrected chi connectivity index (χ1v) is 10.9. The van der Waals surface area contributed by atoms with Crippen LogP contribution in [0.5, 0.6) is 0 Å². The number of benzene rings is 3. The Morgan fingerprint density at radius 1 is 0.839 bits per heavy atom. The lowest BCUT2D eigenvalue weighted by atomic mass is 10.0. The van der Waals surface area contributed by atoms with Crippen molar-refractivity contribution in [1.82, 2.24) is 9.38 Å². The van der Waals surface area contributed by atoms with Gasteiger partial charge in [-0.1, -0.05) is 39.4 Å². The molecule has 0 amide bonds. The maximum absolute atomic E-state index is 13.5. The summed E-state index contributed by atoms with van der Waals surface area (Å²) in [6, 6.07) is 19.5. The molecule has 5 rings (SSSR count). The average Bonchev–Trinajstić information content (AvgIpc) is 3.28. The topological polar surface area (TPSA) is 34.4 Å². The van der Waals surface area contributed by atoms with Gasteiger partial charge in [-0.15, -0.1) is 0 Å². The molecule has 5 aromatic rings. The molecule has 0 radical (unpaired) electrons. The van der Waals surface area contributed by atoms with Crippen LogP contribution in [0.1, 0.15) is 5.56 Å². The molecule has 0 saturated heterocycles. The van der Waals surface area contributed by atoms with Crippen molar-refractivity contribution in [3.05, 3.63) is 109 Å². The van der Waals surface area contributed by atoms with Crippen LogP contribution in [0.3, 0.4) is 0 Å². The zero-order chi connectivity index (χ0) is 21.5. The van der Waals surface area contributed by atoms with E-state index in [2.05, 4.69) is 20.9 Å². The Labute approximate surface area is 188 Å². The molecule has 0 unspecified atom stereocenters. The fraction of sp³-hybridized carbons (Fsp3) is 0. The van der Waals surface area contributed by atoms with Gasteiger partial charge in [0.05, 0.1) is 15.9 Å². The lowest BCUT2D eigenvalue weighted by Gasteiger charge is -2.05. The highest BCUT2D eigenvalue weighted by atomic mass is 79.9. The van der Waals surface area contributed by atoms with Crippen molar-refractivity contribution in [2.75, 3.05) is 0 Å². The number of imidazole rings is 1. The molecule has 0 fully saturated rings. The Bertz CT molecular complexity index is 1510. The summed E-state index contributed by atoms with van der Waals surface area (Å²) in [6.07, 6.45) is 1.82. The summed E-state index contributed by atoms with van der Waals surface area (Å²) >= 11 is 4.68. The van der Waals surface area contributed by atoms with Gasteiger partial charge in [-0.2, -0.15) is 0 Å². The van der Waals surface area contributed by atoms with E-state index in [0.717, 1.165) is 10.0 Å². The maximum Gasteiger partial charge on any atom is 0.274 e. The Hall–Kier alpha value is -3.16. The standard InChI is InChI=1S/C24H13BrF2N2OS/c25-17-7-1-14(2-8-17)13-20-23(30)29-22(16-5-11-19(27)12-6-16)21(28-24(29)31-20)15-3-9-18(26)10-4-15/h1-13H/b20-13-. The van der Waals surface area contributed by atoms with E-state index in [-0.39, 0.29) is 17.2 Å². The first kappa shape index (κ1) is 19.8. The molecule has 0 saturated carbocycles. The van der Waals surface area contributed by atoms with Gasteiger partial charge in [0.2, 0.25) is 0 Å². The molecule has 0 bridgehead atoms. The van der Waals surface area contributed by atoms with Gasteiger partial charge in [0.1, 0.15) is 11.6 Å². The summed E-state index contributed by atoms with van der Waals surface area (Å²) in [5.41, 5.74) is 3.12. The van der Waals surface area contributed by atoms with Gasteiger partial charge < -0.3 is 0 Å². The van der Waals surface area contributed by atoms with Crippen molar-refractivity contribution in [2.45, 2.75) is 0 Å². The van der Waals surface area contributed by atoms with Crippen LogP contribution in [-0.4, -0.2) is 9.38 Å². The third-order valence-corrected chi connectivity index (χ3v) is 6.36. The van der Waals surface area contributed by atoms with Gasteiger partial charge in [0, 0.05) is 15.6 Å². The van der Waals surface area contributed by atoms with Crippen molar-refractivity contribution in [2.24, 2.45) is 0 Å². The van der Waals surface area contributed by atoms with Crippen LogP contribution in [0.25, 0.3) is 33.6 Å². The first-order chi connectivity index (χ1) is 15.0. The number of nitrogens with zero attached hydrogens (tertiary/aromatic N) is 2. The van der Waals surface area contributed by atoms with Gasteiger partial charge in [-0.3, -0.25) is 4.79 Å². The zero-order valence-corrected chi connectivity index (χ0v) is 18.3. The van der Waals surface area contributed by atoms with Crippen molar-refractivity contribution in [3.63, 3.8) is 0 Å². The molecule has 2 heterocycles. The normalized spacial score (nSPS) is 12.0. The molecule has 31 heavy (non-hydrogen) atoms. The minimum Gasteiger partial charge on any atom is -0.267 e. The Kier molecular flexibility index (Phi) is 5.00. The number of halogens is 3. The van der Waals surface area contributed by atoms with Gasteiger partial charge in [-0.25, -0.2) is 18.2 Å². The molecule has 0 spiro atoms. The highest BCUT2D eigenvalue weighted by molar-refractivity contribution is 9.10. The van der Waals surface area contributed by atoms with Gasteiger partial charge in [0.25, 0.3) is 5.56 Å². The van der Waals surface area contributed by atoms with E-state index in [1.54, 1.807) is 28.7 Å². The second-order valence-electron chi connectivity index (χ2n) is 6.91. The second-order valence-corrected chi connectivity index (χ2v) is 8.83. The third-order valence-electron chi connectivity index (χ3n) is 4.86. The first-order valence-electron chi connectivity index (χ1n) is 9.34. The number of aromatic nitrogens is 2. The predicted molar refractivity (Wildman–Crippen MR) is 123 cm³/mol. The number of fused-ring (bicyclic) bond motifs is 1. The third kappa shape index (κ3) is 3.71. The Balaban J connectivity index is 1.78. The van der Waals surface area contributed by atoms with E-state index in [0.29, 0.717) is 32.0 Å². The van der Waals surface area contributed by atoms with Crippen LogP contribution in [-0.2, 0) is 0 Å². The molecule has 152 valence electrons. The summed E-state index contributed by atoms with van der Waals surface area (Å²) in [5, 5.41) is 0. The Morgan fingerprint density at radius 3 is 2.03 bits per heavy atom. The molecular weight excluding hydrogens is 482 g/mol. The van der Waals surface area contributed by atoms with E-state index >= 15 is 0 Å². The van der Waals surface area contributed by atoms with Crippen molar-refractivity contribution in [1.29, 1.82) is 0 Å². The molecule has 0 aliphatic carbocycles. The molecule has 0 aliphatic heterocycles. The van der Waals surface area contributed by atoms with E-state index in [4.69, 9.17) is 0 Å². The molecule has 3 nitrogen and oxygen atoms in total. The summed E-state index contributed by atoms with van der Waals surface area (Å²) in [7, 11) is 0. The van der Waals surface area contributed by atoms with E-state index < -0.39 is 0 Å². The number of thiazole rings is 1. The molecule has 0 N–H and O–H groups in total. The summed E-state index contributed by atoms with van der Waals surface area (Å²) in [6.45, 7) is 0. The molecule has 7 heteroatoms. The summed E-state index contributed by atoms with van der Waals surface area (Å²) in [4.78, 5) is 18.5. The minimum absolute atomic E-state index is 0.205. The van der Waals surface area contributed by atoms with E-state index in [9.17, 15) is 13.6 Å². The van der Waals surface area contributed by atoms with Crippen molar-refractivity contribution in [3.8, 4) is 22.5 Å². The van der Waals surface area contributed by atoms with Crippen LogP contribution in [0, 0.1) is 11.6 Å². The SMILES string of the molecule is O=c1/c(=C/c2ccc(Br)cc2)sc2nc(-c3ccc(F)cc3)c(-c3ccc(F)cc3)n12. The second kappa shape index (κ2) is 7.83. The van der Waals surface area contributed by atoms with E-state index in [1.807, 2.05) is 30.3 Å². The lowest BCUT2D eigenvalue weighted by Crippen LogP contribution is -2.23. The maximum atomic E-state index is 13.5. The van der Waals surface area contributed by atoms with Crippen molar-refractivity contribution < 1.29 is 8.78 Å². The molecule has 0 aliphatic rings. The van der Waals surface area contributed by atoms with Crippen LogP contribution < -0.4 is 10.1 Å². The fourth-order valence-corrected chi connectivity index (χ4v) is 4.63. The predicted octanol–water partition coefficient (Wildman–Crippen LogP) is 5.68. The number of rotatable bonds is 3. The average molecular weight is 495 g/mol. The van der Waals surface area contributed by atoms with Crippen LogP contribution in [0.15, 0.2) is 82.1 Å². The number of hydrogen-bond donors (Lipinski definition) is 0. The van der Waals surface area contributed by atoms with Crippen LogP contribution >= 0.6 is 27.3 Å². The lowest BCUT2D eigenvalue weighted by molar-refractivity contribution is 0.627. The highest BCUT2D eigenvalue weighted by Crippen LogP contribution is 2.32. The zero-order valence-electron chi connectivity index (χ0n) is 15.9. The quantitative estimate of drug-likeness (QED) is 0.323. The fourth-order valence-electron chi connectivity index (χ4n) is 3.39.